The van der Waals surface area contributed by atoms with Gasteiger partial charge >= 0.3 is 0 Å². The van der Waals surface area contributed by atoms with Gasteiger partial charge < -0.3 is 9.30 Å². The Morgan fingerprint density at radius 3 is 2.83 bits per heavy atom. The molecule has 9 heteroatoms. The molecular formula is C20H19BrN6OS. The average molecular weight is 471 g/mol. The molecule has 4 aromatic rings. The third-order valence-corrected chi connectivity index (χ3v) is 6.80. The van der Waals surface area contributed by atoms with Crippen molar-refractivity contribution in [2.75, 3.05) is 7.11 Å². The first-order valence-electron chi connectivity index (χ1n) is 9.38. The number of pyridine rings is 1. The molecule has 1 aliphatic heterocycles. The second-order valence-electron chi connectivity index (χ2n) is 7.00. The Bertz CT molecular complexity index is 1180. The van der Waals surface area contributed by atoms with Gasteiger partial charge in [0.15, 0.2) is 5.82 Å². The fourth-order valence-electron chi connectivity index (χ4n) is 3.70. The number of thiophene rings is 1. The van der Waals surface area contributed by atoms with Crippen molar-refractivity contribution in [2.24, 2.45) is 0 Å². The molecule has 0 radical (unpaired) electrons. The SMILES string of the molecule is COc1nc(-c2nc3n(n2)CCC[C@H]3c2ccc(Br)s2)ccc1-n1cnc(C)c1. The summed E-state index contributed by atoms with van der Waals surface area (Å²) >= 11 is 5.33. The summed E-state index contributed by atoms with van der Waals surface area (Å²) in [6.45, 7) is 2.84. The summed E-state index contributed by atoms with van der Waals surface area (Å²) in [6.07, 6.45) is 5.87. The number of halogens is 1. The van der Waals surface area contributed by atoms with E-state index < -0.39 is 0 Å². The highest BCUT2D eigenvalue weighted by Gasteiger charge is 2.27. The zero-order chi connectivity index (χ0) is 20.0. The van der Waals surface area contributed by atoms with Crippen LogP contribution in [0.15, 0.2) is 40.6 Å². The van der Waals surface area contributed by atoms with Crippen LogP contribution in [-0.4, -0.2) is 36.4 Å². The first kappa shape index (κ1) is 18.5. The van der Waals surface area contributed by atoms with Gasteiger partial charge in [-0.2, -0.15) is 0 Å². The van der Waals surface area contributed by atoms with Crippen LogP contribution in [0.1, 0.15) is 35.2 Å². The van der Waals surface area contributed by atoms with Crippen molar-refractivity contribution >= 4 is 27.3 Å². The monoisotopic (exact) mass is 470 g/mol. The summed E-state index contributed by atoms with van der Waals surface area (Å²) in [5.41, 5.74) is 2.48. The molecule has 148 valence electrons. The Labute approximate surface area is 180 Å². The lowest BCUT2D eigenvalue weighted by atomic mass is 9.97. The van der Waals surface area contributed by atoms with Crippen molar-refractivity contribution in [1.29, 1.82) is 0 Å². The quantitative estimate of drug-likeness (QED) is 0.436. The molecule has 1 aliphatic rings. The van der Waals surface area contributed by atoms with Crippen molar-refractivity contribution in [3.8, 4) is 23.1 Å². The molecule has 0 N–H and O–H groups in total. The van der Waals surface area contributed by atoms with Gasteiger partial charge in [-0.05, 0) is 60.0 Å². The normalized spacial score (nSPS) is 16.0. The van der Waals surface area contributed by atoms with Gasteiger partial charge in [-0.25, -0.2) is 19.6 Å². The Morgan fingerprint density at radius 2 is 2.10 bits per heavy atom. The molecule has 0 bridgehead atoms. The third-order valence-electron chi connectivity index (χ3n) is 5.06. The van der Waals surface area contributed by atoms with E-state index in [2.05, 4.69) is 38.0 Å². The van der Waals surface area contributed by atoms with E-state index in [1.807, 2.05) is 34.5 Å². The second-order valence-corrected chi connectivity index (χ2v) is 9.50. The van der Waals surface area contributed by atoms with E-state index in [1.54, 1.807) is 24.8 Å². The Hall–Kier alpha value is -2.52. The van der Waals surface area contributed by atoms with E-state index in [0.717, 1.165) is 40.4 Å². The van der Waals surface area contributed by atoms with Crippen LogP contribution in [0.4, 0.5) is 0 Å². The summed E-state index contributed by atoms with van der Waals surface area (Å²) in [7, 11) is 1.62. The summed E-state index contributed by atoms with van der Waals surface area (Å²) < 4.78 is 10.6. The van der Waals surface area contributed by atoms with Crippen LogP contribution in [0.2, 0.25) is 0 Å². The largest absolute Gasteiger partial charge is 0.479 e. The van der Waals surface area contributed by atoms with Gasteiger partial charge in [-0.1, -0.05) is 0 Å². The lowest BCUT2D eigenvalue weighted by Crippen LogP contribution is -2.17. The summed E-state index contributed by atoms with van der Waals surface area (Å²) in [4.78, 5) is 15.1. The number of aromatic nitrogens is 6. The Kier molecular flexibility index (Phi) is 4.71. The van der Waals surface area contributed by atoms with Crippen LogP contribution in [0.5, 0.6) is 5.88 Å². The molecule has 0 unspecified atom stereocenters. The molecule has 29 heavy (non-hydrogen) atoms. The molecular weight excluding hydrogens is 452 g/mol. The average Bonchev–Trinajstić information content (AvgIpc) is 3.46. The number of aryl methyl sites for hydroxylation is 2. The molecule has 5 rings (SSSR count). The third kappa shape index (κ3) is 3.38. The first-order chi connectivity index (χ1) is 14.1. The minimum absolute atomic E-state index is 0.274. The lowest BCUT2D eigenvalue weighted by Gasteiger charge is -2.20. The van der Waals surface area contributed by atoms with Crippen LogP contribution >= 0.6 is 27.3 Å². The molecule has 0 saturated heterocycles. The molecule has 4 aromatic heterocycles. The van der Waals surface area contributed by atoms with Crippen molar-refractivity contribution in [2.45, 2.75) is 32.2 Å². The van der Waals surface area contributed by atoms with Gasteiger partial charge in [-0.15, -0.1) is 16.4 Å². The zero-order valence-electron chi connectivity index (χ0n) is 16.0. The van der Waals surface area contributed by atoms with Crippen LogP contribution in [0, 0.1) is 6.92 Å². The van der Waals surface area contributed by atoms with Gasteiger partial charge in [0.1, 0.15) is 17.2 Å². The number of imidazole rings is 1. The van der Waals surface area contributed by atoms with E-state index in [-0.39, 0.29) is 5.92 Å². The smallest absolute Gasteiger partial charge is 0.238 e. The molecule has 1 atom stereocenters. The van der Waals surface area contributed by atoms with Crippen LogP contribution in [0.3, 0.4) is 0 Å². The van der Waals surface area contributed by atoms with Gasteiger partial charge in [0.25, 0.3) is 0 Å². The number of methoxy groups -OCH3 is 1. The van der Waals surface area contributed by atoms with E-state index in [4.69, 9.17) is 14.8 Å². The highest BCUT2D eigenvalue weighted by molar-refractivity contribution is 9.11. The molecule has 0 saturated carbocycles. The summed E-state index contributed by atoms with van der Waals surface area (Å²) in [5, 5.41) is 4.75. The second kappa shape index (κ2) is 7.38. The molecule has 0 aliphatic carbocycles. The van der Waals surface area contributed by atoms with Crippen LogP contribution in [-0.2, 0) is 6.54 Å². The zero-order valence-corrected chi connectivity index (χ0v) is 18.4. The fourth-order valence-corrected chi connectivity index (χ4v) is 5.26. The minimum atomic E-state index is 0.274. The Morgan fingerprint density at radius 1 is 1.21 bits per heavy atom. The van der Waals surface area contributed by atoms with Gasteiger partial charge in [0.2, 0.25) is 5.88 Å². The van der Waals surface area contributed by atoms with Crippen LogP contribution in [0.25, 0.3) is 17.2 Å². The van der Waals surface area contributed by atoms with Gasteiger partial charge in [-0.3, -0.25) is 0 Å². The molecule has 0 amide bonds. The number of hydrogen-bond acceptors (Lipinski definition) is 6. The lowest BCUT2D eigenvalue weighted by molar-refractivity contribution is 0.396. The predicted octanol–water partition coefficient (Wildman–Crippen LogP) is 4.59. The van der Waals surface area contributed by atoms with E-state index in [1.165, 1.54) is 4.88 Å². The van der Waals surface area contributed by atoms with Gasteiger partial charge in [0, 0.05) is 17.6 Å². The predicted molar refractivity (Wildman–Crippen MR) is 115 cm³/mol. The fraction of sp³-hybridized carbons (Fsp3) is 0.300. The van der Waals surface area contributed by atoms with Crippen molar-refractivity contribution in [1.82, 2.24) is 29.3 Å². The van der Waals surface area contributed by atoms with E-state index in [0.29, 0.717) is 17.4 Å². The summed E-state index contributed by atoms with van der Waals surface area (Å²) in [5.74, 6) is 2.44. The maximum absolute atomic E-state index is 5.54. The first-order valence-corrected chi connectivity index (χ1v) is 11.0. The standard InChI is InChI=1S/C20H19BrN6OS/c1-12-10-26(11-22-12)15-6-5-14(23-20(15)28-2)18-24-19-13(4-3-9-27(19)25-18)16-7-8-17(21)29-16/h5-8,10-11,13H,3-4,9H2,1-2H3/t13-/m0/s1. The van der Waals surface area contributed by atoms with Crippen molar-refractivity contribution in [3.05, 3.63) is 57.0 Å². The minimum Gasteiger partial charge on any atom is -0.479 e. The van der Waals surface area contributed by atoms with E-state index in [9.17, 15) is 0 Å². The number of fused-ring (bicyclic) bond motifs is 1. The Balaban J connectivity index is 1.53. The molecule has 0 aromatic carbocycles. The highest BCUT2D eigenvalue weighted by Crippen LogP contribution is 2.38. The number of rotatable bonds is 4. The van der Waals surface area contributed by atoms with Crippen LogP contribution < -0.4 is 4.74 Å². The molecule has 5 heterocycles. The van der Waals surface area contributed by atoms with E-state index >= 15 is 0 Å². The maximum Gasteiger partial charge on any atom is 0.238 e. The van der Waals surface area contributed by atoms with Crippen molar-refractivity contribution in [3.63, 3.8) is 0 Å². The number of hydrogen-bond donors (Lipinski definition) is 0. The summed E-state index contributed by atoms with van der Waals surface area (Å²) in [6, 6.07) is 8.17. The molecule has 7 nitrogen and oxygen atoms in total. The van der Waals surface area contributed by atoms with Gasteiger partial charge in [0.05, 0.1) is 28.8 Å². The molecule has 0 fully saturated rings. The van der Waals surface area contributed by atoms with Crippen molar-refractivity contribution < 1.29 is 4.74 Å². The highest BCUT2D eigenvalue weighted by atomic mass is 79.9. The maximum atomic E-state index is 5.54. The number of ether oxygens (including phenoxy) is 1. The number of nitrogens with zero attached hydrogens (tertiary/aromatic N) is 6. The molecule has 0 spiro atoms. The topological polar surface area (TPSA) is 70.7 Å².